The first kappa shape index (κ1) is 20.2. The molecule has 0 saturated carbocycles. The van der Waals surface area contributed by atoms with E-state index >= 15 is 0 Å². The molecule has 0 bridgehead atoms. The maximum Gasteiger partial charge on any atom is 0.407 e. The van der Waals surface area contributed by atoms with E-state index in [9.17, 15) is 9.59 Å². The number of alkyl carbamates (subject to hydrolysis) is 1. The highest BCUT2D eigenvalue weighted by Gasteiger charge is 2.16. The molecule has 0 aliphatic carbocycles. The van der Waals surface area contributed by atoms with Gasteiger partial charge in [-0.1, -0.05) is 29.8 Å². The van der Waals surface area contributed by atoms with Gasteiger partial charge in [-0.3, -0.25) is 4.79 Å². The van der Waals surface area contributed by atoms with Gasteiger partial charge >= 0.3 is 6.09 Å². The zero-order valence-corrected chi connectivity index (χ0v) is 16.5. The van der Waals surface area contributed by atoms with Crippen molar-refractivity contribution in [1.29, 1.82) is 0 Å². The van der Waals surface area contributed by atoms with Crippen LogP contribution in [0.3, 0.4) is 0 Å². The minimum atomic E-state index is -0.564. The molecule has 26 heavy (non-hydrogen) atoms. The average Bonchev–Trinajstić information content (AvgIpc) is 2.95. The Kier molecular flexibility index (Phi) is 6.99. The highest BCUT2D eigenvalue weighted by atomic mass is 35.5. The lowest BCUT2D eigenvalue weighted by Gasteiger charge is -2.19. The van der Waals surface area contributed by atoms with Gasteiger partial charge in [0.2, 0.25) is 5.91 Å². The number of amides is 2. The predicted molar refractivity (Wildman–Crippen MR) is 104 cm³/mol. The van der Waals surface area contributed by atoms with Gasteiger partial charge in [-0.05, 0) is 32.4 Å². The standard InChI is InChI=1S/C18H22ClN3O3S/c1-18(2,3)25-17(24)20-9-8-15(23)22-16-21-11-13(26-16)10-12-6-4-5-7-14(12)19/h4-7,11H,8-10H2,1-3H3,(H,20,24)(H,21,22,23). The van der Waals surface area contributed by atoms with E-state index in [0.717, 1.165) is 10.4 Å². The number of carbonyl (C=O) groups excluding carboxylic acids is 2. The Bertz CT molecular complexity index is 771. The molecule has 0 spiro atoms. The van der Waals surface area contributed by atoms with Gasteiger partial charge in [0.05, 0.1) is 0 Å². The molecule has 0 saturated heterocycles. The Morgan fingerprint density at radius 1 is 1.27 bits per heavy atom. The first-order valence-electron chi connectivity index (χ1n) is 8.18. The molecular formula is C18H22ClN3O3S. The summed E-state index contributed by atoms with van der Waals surface area (Å²) in [7, 11) is 0. The number of benzene rings is 1. The Balaban J connectivity index is 1.77. The van der Waals surface area contributed by atoms with Crippen molar-refractivity contribution < 1.29 is 14.3 Å². The Hall–Kier alpha value is -2.12. The average molecular weight is 396 g/mol. The van der Waals surface area contributed by atoms with Crippen molar-refractivity contribution >= 4 is 40.1 Å². The normalized spacial score (nSPS) is 11.1. The summed E-state index contributed by atoms with van der Waals surface area (Å²) in [6.45, 7) is 5.53. The van der Waals surface area contributed by atoms with Crippen molar-refractivity contribution in [3.63, 3.8) is 0 Å². The summed E-state index contributed by atoms with van der Waals surface area (Å²) in [6, 6.07) is 7.62. The second kappa shape index (κ2) is 9.00. The molecule has 1 aromatic carbocycles. The lowest BCUT2D eigenvalue weighted by atomic mass is 10.1. The van der Waals surface area contributed by atoms with Crippen LogP contribution in [0.5, 0.6) is 0 Å². The van der Waals surface area contributed by atoms with Crippen LogP contribution in [0.15, 0.2) is 30.5 Å². The van der Waals surface area contributed by atoms with Crippen molar-refractivity contribution in [2.45, 2.75) is 39.2 Å². The lowest BCUT2D eigenvalue weighted by Crippen LogP contribution is -2.34. The molecule has 0 aliphatic rings. The smallest absolute Gasteiger partial charge is 0.407 e. The minimum absolute atomic E-state index is 0.138. The molecule has 2 aromatic rings. The van der Waals surface area contributed by atoms with Crippen LogP contribution in [0.4, 0.5) is 9.93 Å². The van der Waals surface area contributed by atoms with Gasteiger partial charge < -0.3 is 15.4 Å². The number of aromatic nitrogens is 1. The third-order valence-corrected chi connectivity index (χ3v) is 4.42. The van der Waals surface area contributed by atoms with Gasteiger partial charge in [0.25, 0.3) is 0 Å². The van der Waals surface area contributed by atoms with Crippen molar-refractivity contribution in [2.24, 2.45) is 0 Å². The molecule has 1 aromatic heterocycles. The van der Waals surface area contributed by atoms with Gasteiger partial charge in [-0.2, -0.15) is 0 Å². The van der Waals surface area contributed by atoms with Crippen LogP contribution in [0, 0.1) is 0 Å². The number of anilines is 1. The van der Waals surface area contributed by atoms with E-state index < -0.39 is 11.7 Å². The van der Waals surface area contributed by atoms with Gasteiger partial charge in [-0.15, -0.1) is 11.3 Å². The predicted octanol–water partition coefficient (Wildman–Crippen LogP) is 4.24. The van der Waals surface area contributed by atoms with Gasteiger partial charge in [0, 0.05) is 35.5 Å². The van der Waals surface area contributed by atoms with Gasteiger partial charge in [0.15, 0.2) is 5.13 Å². The molecule has 2 amide bonds. The Morgan fingerprint density at radius 3 is 2.69 bits per heavy atom. The molecule has 0 fully saturated rings. The van der Waals surface area contributed by atoms with E-state index in [-0.39, 0.29) is 18.9 Å². The quantitative estimate of drug-likeness (QED) is 0.766. The summed E-state index contributed by atoms with van der Waals surface area (Å²) >= 11 is 7.56. The SMILES string of the molecule is CC(C)(C)OC(=O)NCCC(=O)Nc1ncc(Cc2ccccc2Cl)s1. The minimum Gasteiger partial charge on any atom is -0.444 e. The van der Waals surface area contributed by atoms with E-state index in [1.54, 1.807) is 27.0 Å². The third-order valence-electron chi connectivity index (χ3n) is 3.14. The Morgan fingerprint density at radius 2 is 2.00 bits per heavy atom. The van der Waals surface area contributed by atoms with Crippen molar-refractivity contribution in [3.05, 3.63) is 45.9 Å². The number of halogens is 1. The van der Waals surface area contributed by atoms with Crippen molar-refractivity contribution in [1.82, 2.24) is 10.3 Å². The van der Waals surface area contributed by atoms with Crippen LogP contribution in [0.1, 0.15) is 37.6 Å². The molecule has 0 radical (unpaired) electrons. The van der Waals surface area contributed by atoms with Gasteiger partial charge in [0.1, 0.15) is 5.60 Å². The molecule has 1 heterocycles. The largest absolute Gasteiger partial charge is 0.444 e. The summed E-state index contributed by atoms with van der Waals surface area (Å²) in [5, 5.41) is 6.50. The zero-order valence-electron chi connectivity index (χ0n) is 15.0. The van der Waals surface area contributed by atoms with E-state index in [1.165, 1.54) is 11.3 Å². The van der Waals surface area contributed by atoms with E-state index in [1.807, 2.05) is 24.3 Å². The summed E-state index contributed by atoms with van der Waals surface area (Å²) in [5.41, 5.74) is 0.447. The number of thiazole rings is 1. The van der Waals surface area contributed by atoms with Crippen LogP contribution < -0.4 is 10.6 Å². The molecule has 6 nitrogen and oxygen atoms in total. The van der Waals surface area contributed by atoms with Crippen molar-refractivity contribution in [2.75, 3.05) is 11.9 Å². The fourth-order valence-electron chi connectivity index (χ4n) is 2.05. The molecule has 140 valence electrons. The van der Waals surface area contributed by atoms with Crippen LogP contribution in [0.25, 0.3) is 0 Å². The molecule has 0 unspecified atom stereocenters. The second-order valence-corrected chi connectivity index (χ2v) is 8.15. The summed E-state index contributed by atoms with van der Waals surface area (Å²) in [6.07, 6.45) is 1.98. The fourth-order valence-corrected chi connectivity index (χ4v) is 3.10. The number of hydrogen-bond donors (Lipinski definition) is 2. The summed E-state index contributed by atoms with van der Waals surface area (Å²) in [4.78, 5) is 28.7. The number of nitrogens with zero attached hydrogens (tertiary/aromatic N) is 1. The Labute approximate surface area is 161 Å². The van der Waals surface area contributed by atoms with Crippen LogP contribution in [-0.2, 0) is 16.0 Å². The highest BCUT2D eigenvalue weighted by molar-refractivity contribution is 7.15. The van der Waals surface area contributed by atoms with E-state index in [4.69, 9.17) is 16.3 Å². The maximum atomic E-state index is 11.9. The molecule has 8 heteroatoms. The molecule has 2 rings (SSSR count). The van der Waals surface area contributed by atoms with Crippen LogP contribution in [0.2, 0.25) is 5.02 Å². The van der Waals surface area contributed by atoms with E-state index in [2.05, 4.69) is 15.6 Å². The topological polar surface area (TPSA) is 80.3 Å². The maximum absolute atomic E-state index is 11.9. The molecule has 0 atom stereocenters. The van der Waals surface area contributed by atoms with Crippen molar-refractivity contribution in [3.8, 4) is 0 Å². The number of rotatable bonds is 6. The summed E-state index contributed by atoms with van der Waals surface area (Å²) in [5.74, 6) is -0.222. The number of carbonyl (C=O) groups is 2. The fraction of sp³-hybridized carbons (Fsp3) is 0.389. The number of ether oxygens (including phenoxy) is 1. The first-order chi connectivity index (χ1) is 12.2. The highest BCUT2D eigenvalue weighted by Crippen LogP contribution is 2.24. The van der Waals surface area contributed by atoms with Gasteiger partial charge in [-0.25, -0.2) is 9.78 Å². The molecule has 0 aliphatic heterocycles. The van der Waals surface area contributed by atoms with E-state index in [0.29, 0.717) is 16.6 Å². The second-order valence-electron chi connectivity index (χ2n) is 6.63. The molecular weight excluding hydrogens is 374 g/mol. The first-order valence-corrected chi connectivity index (χ1v) is 9.37. The summed E-state index contributed by atoms with van der Waals surface area (Å²) < 4.78 is 5.10. The number of hydrogen-bond acceptors (Lipinski definition) is 5. The third kappa shape index (κ3) is 7.01. The number of nitrogens with one attached hydrogen (secondary N) is 2. The zero-order chi connectivity index (χ0) is 19.2. The monoisotopic (exact) mass is 395 g/mol. The van der Waals surface area contributed by atoms with Crippen LogP contribution in [-0.4, -0.2) is 29.1 Å². The van der Waals surface area contributed by atoms with Crippen LogP contribution >= 0.6 is 22.9 Å². The molecule has 2 N–H and O–H groups in total. The lowest BCUT2D eigenvalue weighted by molar-refractivity contribution is -0.116.